The van der Waals surface area contributed by atoms with Gasteiger partial charge in [0.05, 0.1) is 11.9 Å². The number of amides is 1. The van der Waals surface area contributed by atoms with Crippen molar-refractivity contribution in [3.05, 3.63) is 72.2 Å². The average Bonchev–Trinajstić information content (AvgIpc) is 2.62. The van der Waals surface area contributed by atoms with Gasteiger partial charge in [-0.25, -0.2) is 4.39 Å². The van der Waals surface area contributed by atoms with Gasteiger partial charge in [0.15, 0.2) is 0 Å². The zero-order valence-electron chi connectivity index (χ0n) is 15.4. The minimum Gasteiger partial charge on any atom is -0.323 e. The fraction of sp³-hybridized carbons (Fsp3) is 0.273. The maximum absolute atomic E-state index is 13.8. The standard InChI is InChI=1S/C22H22ClFN2O/c1-15(2)12-22(23,13-16-7-4-3-5-8-16)21(27)26-18-11-17-9-6-10-19(24)20(17)25-14-18/h3-11,14-15H,12-13H2,1-2H3,(H,26,27). The van der Waals surface area contributed by atoms with Crippen molar-refractivity contribution < 1.29 is 9.18 Å². The Morgan fingerprint density at radius 3 is 2.63 bits per heavy atom. The minimum absolute atomic E-state index is 0.251. The molecule has 0 fully saturated rings. The van der Waals surface area contributed by atoms with Crippen molar-refractivity contribution in [3.8, 4) is 0 Å². The molecule has 1 aromatic heterocycles. The molecule has 3 aromatic rings. The Hall–Kier alpha value is -2.46. The Kier molecular flexibility index (Phi) is 5.76. The van der Waals surface area contributed by atoms with Crippen LogP contribution in [0.3, 0.4) is 0 Å². The Labute approximate surface area is 163 Å². The smallest absolute Gasteiger partial charge is 0.245 e. The molecule has 0 aliphatic heterocycles. The number of carbonyl (C=O) groups excluding carboxylic acids is 1. The van der Waals surface area contributed by atoms with Gasteiger partial charge in [-0.1, -0.05) is 56.3 Å². The van der Waals surface area contributed by atoms with Crippen LogP contribution in [0.5, 0.6) is 0 Å². The molecule has 1 N–H and O–H groups in total. The molecule has 27 heavy (non-hydrogen) atoms. The minimum atomic E-state index is -1.08. The number of para-hydroxylation sites is 1. The van der Waals surface area contributed by atoms with Gasteiger partial charge < -0.3 is 5.32 Å². The number of halogens is 2. The first-order chi connectivity index (χ1) is 12.9. The summed E-state index contributed by atoms with van der Waals surface area (Å²) in [7, 11) is 0. The molecular formula is C22H22ClFN2O. The second-order valence-electron chi connectivity index (χ2n) is 7.22. The van der Waals surface area contributed by atoms with Crippen molar-refractivity contribution in [2.75, 3.05) is 5.32 Å². The summed E-state index contributed by atoms with van der Waals surface area (Å²) in [5.41, 5.74) is 1.78. The predicted octanol–water partition coefficient (Wildman–Crippen LogP) is 5.58. The molecule has 1 amide bonds. The molecule has 1 atom stereocenters. The Morgan fingerprint density at radius 1 is 1.19 bits per heavy atom. The average molecular weight is 385 g/mol. The molecule has 1 unspecified atom stereocenters. The van der Waals surface area contributed by atoms with Gasteiger partial charge in [0.2, 0.25) is 5.91 Å². The van der Waals surface area contributed by atoms with Crippen LogP contribution in [0.4, 0.5) is 10.1 Å². The van der Waals surface area contributed by atoms with Crippen molar-refractivity contribution in [3.63, 3.8) is 0 Å². The summed E-state index contributed by atoms with van der Waals surface area (Å²) >= 11 is 6.82. The highest BCUT2D eigenvalue weighted by molar-refractivity contribution is 6.36. The van der Waals surface area contributed by atoms with Crippen LogP contribution in [0, 0.1) is 11.7 Å². The van der Waals surface area contributed by atoms with Crippen LogP contribution in [-0.2, 0) is 11.2 Å². The van der Waals surface area contributed by atoms with E-state index in [1.54, 1.807) is 18.2 Å². The number of rotatable bonds is 6. The molecule has 1 heterocycles. The van der Waals surface area contributed by atoms with Crippen LogP contribution in [0.25, 0.3) is 10.9 Å². The van der Waals surface area contributed by atoms with Crippen molar-refractivity contribution in [2.24, 2.45) is 5.92 Å². The van der Waals surface area contributed by atoms with E-state index in [0.717, 1.165) is 5.56 Å². The lowest BCUT2D eigenvalue weighted by Crippen LogP contribution is -2.41. The monoisotopic (exact) mass is 384 g/mol. The van der Waals surface area contributed by atoms with Crippen LogP contribution in [0.15, 0.2) is 60.8 Å². The number of anilines is 1. The van der Waals surface area contributed by atoms with E-state index in [2.05, 4.69) is 10.3 Å². The topological polar surface area (TPSA) is 42.0 Å². The summed E-state index contributed by atoms with van der Waals surface area (Å²) in [4.78, 5) is 16.1. The molecule has 0 spiro atoms. The number of hydrogen-bond acceptors (Lipinski definition) is 2. The number of nitrogens with zero attached hydrogens (tertiary/aromatic N) is 1. The van der Waals surface area contributed by atoms with E-state index in [4.69, 9.17) is 11.6 Å². The highest BCUT2D eigenvalue weighted by atomic mass is 35.5. The third-order valence-electron chi connectivity index (χ3n) is 4.39. The van der Waals surface area contributed by atoms with Crippen LogP contribution < -0.4 is 5.32 Å². The lowest BCUT2D eigenvalue weighted by atomic mass is 9.89. The lowest BCUT2D eigenvalue weighted by Gasteiger charge is -2.28. The molecule has 3 nitrogen and oxygen atoms in total. The van der Waals surface area contributed by atoms with Gasteiger partial charge in [-0.3, -0.25) is 9.78 Å². The van der Waals surface area contributed by atoms with Crippen LogP contribution >= 0.6 is 11.6 Å². The van der Waals surface area contributed by atoms with Crippen molar-refractivity contribution >= 4 is 34.1 Å². The molecule has 0 saturated carbocycles. The number of aromatic nitrogens is 1. The van der Waals surface area contributed by atoms with Crippen LogP contribution in [0.1, 0.15) is 25.8 Å². The molecule has 0 aliphatic rings. The summed E-state index contributed by atoms with van der Waals surface area (Å²) in [6.45, 7) is 4.07. The number of hydrogen-bond donors (Lipinski definition) is 1. The number of nitrogens with one attached hydrogen (secondary N) is 1. The molecular weight excluding hydrogens is 363 g/mol. The molecule has 0 bridgehead atoms. The molecule has 5 heteroatoms. The van der Waals surface area contributed by atoms with Crippen molar-refractivity contribution in [1.82, 2.24) is 4.98 Å². The van der Waals surface area contributed by atoms with E-state index in [1.807, 2.05) is 44.2 Å². The van der Waals surface area contributed by atoms with E-state index < -0.39 is 4.87 Å². The molecule has 2 aromatic carbocycles. The molecule has 0 radical (unpaired) electrons. The molecule has 0 saturated heterocycles. The van der Waals surface area contributed by atoms with Gasteiger partial charge in [-0.2, -0.15) is 0 Å². The van der Waals surface area contributed by atoms with Crippen LogP contribution in [-0.4, -0.2) is 15.8 Å². The number of carbonyl (C=O) groups is 1. The normalized spacial score (nSPS) is 13.5. The largest absolute Gasteiger partial charge is 0.323 e. The maximum Gasteiger partial charge on any atom is 0.245 e. The predicted molar refractivity (Wildman–Crippen MR) is 109 cm³/mol. The first kappa shape index (κ1) is 19.3. The van der Waals surface area contributed by atoms with E-state index >= 15 is 0 Å². The highest BCUT2D eigenvalue weighted by Crippen LogP contribution is 2.31. The van der Waals surface area contributed by atoms with Gasteiger partial charge >= 0.3 is 0 Å². The van der Waals surface area contributed by atoms with Gasteiger partial charge in [0.25, 0.3) is 0 Å². The zero-order chi connectivity index (χ0) is 19.4. The number of pyridine rings is 1. The number of alkyl halides is 1. The SMILES string of the molecule is CC(C)CC(Cl)(Cc1ccccc1)C(=O)Nc1cnc2c(F)cccc2c1. The Bertz CT molecular complexity index is 945. The third kappa shape index (κ3) is 4.64. The van der Waals surface area contributed by atoms with E-state index in [1.165, 1.54) is 12.3 Å². The highest BCUT2D eigenvalue weighted by Gasteiger charge is 2.37. The summed E-state index contributed by atoms with van der Waals surface area (Å²) in [6, 6.07) is 16.2. The summed E-state index contributed by atoms with van der Waals surface area (Å²) in [6.07, 6.45) is 2.42. The van der Waals surface area contributed by atoms with E-state index in [0.29, 0.717) is 23.9 Å². The summed E-state index contributed by atoms with van der Waals surface area (Å²) < 4.78 is 13.8. The van der Waals surface area contributed by atoms with Crippen LogP contribution in [0.2, 0.25) is 0 Å². The molecule has 0 aliphatic carbocycles. The van der Waals surface area contributed by atoms with Gasteiger partial charge in [0, 0.05) is 11.8 Å². The van der Waals surface area contributed by atoms with E-state index in [9.17, 15) is 9.18 Å². The third-order valence-corrected chi connectivity index (χ3v) is 4.85. The van der Waals surface area contributed by atoms with Crippen molar-refractivity contribution in [2.45, 2.75) is 31.6 Å². The Morgan fingerprint density at radius 2 is 1.93 bits per heavy atom. The zero-order valence-corrected chi connectivity index (χ0v) is 16.1. The Balaban J connectivity index is 1.85. The first-order valence-electron chi connectivity index (χ1n) is 8.96. The van der Waals surface area contributed by atoms with Gasteiger partial charge in [-0.15, -0.1) is 11.6 Å². The second kappa shape index (κ2) is 8.05. The fourth-order valence-electron chi connectivity index (χ4n) is 3.25. The molecule has 3 rings (SSSR count). The van der Waals surface area contributed by atoms with Crippen molar-refractivity contribution in [1.29, 1.82) is 0 Å². The number of fused-ring (bicyclic) bond motifs is 1. The quantitative estimate of drug-likeness (QED) is 0.564. The van der Waals surface area contributed by atoms with Gasteiger partial charge in [-0.05, 0) is 30.0 Å². The summed E-state index contributed by atoms with van der Waals surface area (Å²) in [5.74, 6) is -0.416. The second-order valence-corrected chi connectivity index (χ2v) is 7.94. The molecule has 140 valence electrons. The number of benzene rings is 2. The van der Waals surface area contributed by atoms with Gasteiger partial charge in [0.1, 0.15) is 16.2 Å². The maximum atomic E-state index is 13.8. The first-order valence-corrected chi connectivity index (χ1v) is 9.34. The fourth-order valence-corrected chi connectivity index (χ4v) is 3.76. The van der Waals surface area contributed by atoms with E-state index in [-0.39, 0.29) is 23.2 Å². The lowest BCUT2D eigenvalue weighted by molar-refractivity contribution is -0.119. The summed E-state index contributed by atoms with van der Waals surface area (Å²) in [5, 5.41) is 3.49.